The lowest BCUT2D eigenvalue weighted by Gasteiger charge is -2.34. The van der Waals surface area contributed by atoms with E-state index in [0.29, 0.717) is 10.9 Å². The summed E-state index contributed by atoms with van der Waals surface area (Å²) in [6, 6.07) is 3.92. The predicted octanol–water partition coefficient (Wildman–Crippen LogP) is 3.26. The Balaban J connectivity index is 1.35. The summed E-state index contributed by atoms with van der Waals surface area (Å²) >= 11 is 5.99. The third-order valence-electron chi connectivity index (χ3n) is 6.22. The van der Waals surface area contributed by atoms with Crippen LogP contribution in [-0.4, -0.2) is 61.7 Å². The van der Waals surface area contributed by atoms with Crippen molar-refractivity contribution in [2.45, 2.75) is 38.6 Å². The minimum atomic E-state index is -0.0763. The molecule has 3 aromatic rings. The number of fused-ring (bicyclic) bond motifs is 1. The van der Waals surface area contributed by atoms with E-state index in [1.165, 1.54) is 0 Å². The van der Waals surface area contributed by atoms with Crippen molar-refractivity contribution in [1.29, 1.82) is 0 Å². The highest BCUT2D eigenvalue weighted by molar-refractivity contribution is 6.30. The van der Waals surface area contributed by atoms with Crippen molar-refractivity contribution in [3.8, 4) is 0 Å². The Kier molecular flexibility index (Phi) is 5.10. The van der Waals surface area contributed by atoms with Gasteiger partial charge in [0, 0.05) is 32.4 Å². The van der Waals surface area contributed by atoms with Gasteiger partial charge in [-0.3, -0.25) is 9.48 Å². The first-order chi connectivity index (χ1) is 14.6. The zero-order chi connectivity index (χ0) is 20.7. The molecular formula is C21H26ClN7O. The van der Waals surface area contributed by atoms with E-state index in [4.69, 9.17) is 16.6 Å². The van der Waals surface area contributed by atoms with Crippen LogP contribution in [0, 0.1) is 5.92 Å². The lowest BCUT2D eigenvalue weighted by Crippen LogP contribution is -2.44. The first kappa shape index (κ1) is 19.4. The molecule has 9 heteroatoms. The highest BCUT2D eigenvalue weighted by Gasteiger charge is 2.31. The van der Waals surface area contributed by atoms with Gasteiger partial charge in [-0.25, -0.2) is 9.97 Å². The van der Waals surface area contributed by atoms with Gasteiger partial charge in [0.1, 0.15) is 23.2 Å². The van der Waals surface area contributed by atoms with E-state index in [1.807, 2.05) is 24.0 Å². The van der Waals surface area contributed by atoms with Gasteiger partial charge in [0.15, 0.2) is 5.65 Å². The number of imidazole rings is 1. The van der Waals surface area contributed by atoms with Crippen LogP contribution in [0.3, 0.4) is 0 Å². The zero-order valence-electron chi connectivity index (χ0n) is 17.1. The third-order valence-corrected chi connectivity index (χ3v) is 6.42. The average molecular weight is 428 g/mol. The molecule has 0 radical (unpaired) electrons. The normalized spacial score (nSPS) is 20.8. The minimum Gasteiger partial charge on any atom is -0.356 e. The minimum absolute atomic E-state index is 0.0660. The summed E-state index contributed by atoms with van der Waals surface area (Å²) in [5, 5.41) is 4.87. The van der Waals surface area contributed by atoms with Crippen LogP contribution in [0.4, 0.5) is 5.82 Å². The number of nitrogens with one attached hydrogen (secondary N) is 1. The smallest absolute Gasteiger partial charge is 0.227 e. The van der Waals surface area contributed by atoms with Crippen molar-refractivity contribution in [3.63, 3.8) is 0 Å². The van der Waals surface area contributed by atoms with Gasteiger partial charge < -0.3 is 14.8 Å². The number of likely N-dealkylation sites (tertiary alicyclic amines) is 1. The summed E-state index contributed by atoms with van der Waals surface area (Å²) in [7, 11) is 0. The number of H-pyrrole nitrogens is 1. The van der Waals surface area contributed by atoms with Gasteiger partial charge in [0.05, 0.1) is 17.1 Å². The monoisotopic (exact) mass is 427 g/mol. The zero-order valence-corrected chi connectivity index (χ0v) is 17.8. The highest BCUT2D eigenvalue weighted by Crippen LogP contribution is 2.26. The Bertz CT molecular complexity index is 1050. The number of piperidine rings is 1. The molecule has 2 fully saturated rings. The van der Waals surface area contributed by atoms with Gasteiger partial charge in [-0.1, -0.05) is 11.6 Å². The molecule has 30 heavy (non-hydrogen) atoms. The van der Waals surface area contributed by atoms with Gasteiger partial charge in [0.25, 0.3) is 0 Å². The van der Waals surface area contributed by atoms with E-state index < -0.39 is 0 Å². The van der Waals surface area contributed by atoms with Gasteiger partial charge in [-0.05, 0) is 44.7 Å². The molecule has 0 spiro atoms. The van der Waals surface area contributed by atoms with E-state index in [-0.39, 0.29) is 12.0 Å². The Morgan fingerprint density at radius 2 is 2.03 bits per heavy atom. The maximum atomic E-state index is 12.8. The van der Waals surface area contributed by atoms with Gasteiger partial charge in [0.2, 0.25) is 5.91 Å². The summed E-state index contributed by atoms with van der Waals surface area (Å²) < 4.78 is 1.78. The van der Waals surface area contributed by atoms with Crippen LogP contribution in [0.2, 0.25) is 5.02 Å². The highest BCUT2D eigenvalue weighted by atomic mass is 35.5. The van der Waals surface area contributed by atoms with Crippen LogP contribution in [0.25, 0.3) is 11.2 Å². The molecule has 0 unspecified atom stereocenters. The lowest BCUT2D eigenvalue weighted by atomic mass is 9.96. The molecule has 0 aliphatic carbocycles. The standard InChI is InChI=1S/C21H26ClN7O/c1-14(29-13-16(22)11-23-29)19-24-17-6-7-18(25-20(17)26-19)28-10-4-5-15(12-28)21(30)27-8-2-3-9-27/h6-7,11,13-15H,2-5,8-10,12H2,1H3,(H,24,25,26)/t14-,15-/m1/s1. The number of aromatic nitrogens is 5. The molecule has 5 heterocycles. The van der Waals surface area contributed by atoms with Crippen molar-refractivity contribution < 1.29 is 4.79 Å². The van der Waals surface area contributed by atoms with E-state index in [0.717, 1.165) is 74.7 Å². The molecular weight excluding hydrogens is 402 g/mol. The number of rotatable bonds is 4. The lowest BCUT2D eigenvalue weighted by molar-refractivity contribution is -0.134. The van der Waals surface area contributed by atoms with Crippen molar-refractivity contribution in [1.82, 2.24) is 29.6 Å². The predicted molar refractivity (Wildman–Crippen MR) is 116 cm³/mol. The quantitative estimate of drug-likeness (QED) is 0.691. The Labute approximate surface area is 180 Å². The van der Waals surface area contributed by atoms with Crippen molar-refractivity contribution >= 4 is 34.5 Å². The largest absolute Gasteiger partial charge is 0.356 e. The van der Waals surface area contributed by atoms with Crippen LogP contribution < -0.4 is 4.90 Å². The number of hydrogen-bond donors (Lipinski definition) is 1. The summed E-state index contributed by atoms with van der Waals surface area (Å²) in [6.45, 7) is 5.50. The number of halogens is 1. The third kappa shape index (κ3) is 3.64. The van der Waals surface area contributed by atoms with E-state index in [2.05, 4.69) is 20.0 Å². The Morgan fingerprint density at radius 3 is 2.80 bits per heavy atom. The Hall–Kier alpha value is -2.61. The van der Waals surface area contributed by atoms with Crippen molar-refractivity contribution in [2.24, 2.45) is 5.92 Å². The fraction of sp³-hybridized carbons (Fsp3) is 0.524. The molecule has 2 atom stereocenters. The second-order valence-corrected chi connectivity index (χ2v) is 8.73. The summed E-state index contributed by atoms with van der Waals surface area (Å²) in [5.41, 5.74) is 1.57. The number of carbonyl (C=O) groups excluding carboxylic acids is 1. The maximum Gasteiger partial charge on any atom is 0.227 e. The fourth-order valence-electron chi connectivity index (χ4n) is 4.51. The molecule has 158 valence electrons. The first-order valence-electron chi connectivity index (χ1n) is 10.7. The number of carbonyl (C=O) groups is 1. The maximum absolute atomic E-state index is 12.8. The van der Waals surface area contributed by atoms with E-state index in [9.17, 15) is 4.79 Å². The molecule has 5 rings (SSSR count). The van der Waals surface area contributed by atoms with E-state index >= 15 is 0 Å². The topological polar surface area (TPSA) is 82.9 Å². The summed E-state index contributed by atoms with van der Waals surface area (Å²) in [5.74, 6) is 2.06. The molecule has 1 amide bonds. The van der Waals surface area contributed by atoms with Gasteiger partial charge >= 0.3 is 0 Å². The SMILES string of the molecule is C[C@H](c1nc2ccc(N3CCC[C@@H](C(=O)N4CCCC4)C3)nc2[nH]1)n1cc(Cl)cn1. The molecule has 0 bridgehead atoms. The van der Waals surface area contributed by atoms with Crippen LogP contribution in [0.15, 0.2) is 24.5 Å². The molecule has 0 saturated carbocycles. The Morgan fingerprint density at radius 1 is 1.20 bits per heavy atom. The molecule has 2 aliphatic heterocycles. The second-order valence-electron chi connectivity index (χ2n) is 8.29. The van der Waals surface area contributed by atoms with Gasteiger partial charge in [-0.15, -0.1) is 0 Å². The molecule has 2 saturated heterocycles. The second kappa shape index (κ2) is 7.91. The van der Waals surface area contributed by atoms with Crippen LogP contribution in [0.5, 0.6) is 0 Å². The summed E-state index contributed by atoms with van der Waals surface area (Å²) in [6.07, 6.45) is 7.63. The molecule has 1 N–H and O–H groups in total. The molecule has 2 aliphatic rings. The van der Waals surface area contributed by atoms with E-state index in [1.54, 1.807) is 17.1 Å². The fourth-order valence-corrected chi connectivity index (χ4v) is 4.65. The number of nitrogens with zero attached hydrogens (tertiary/aromatic N) is 6. The number of pyridine rings is 1. The van der Waals surface area contributed by atoms with Crippen LogP contribution in [-0.2, 0) is 4.79 Å². The number of hydrogen-bond acceptors (Lipinski definition) is 5. The molecule has 3 aromatic heterocycles. The molecule has 8 nitrogen and oxygen atoms in total. The van der Waals surface area contributed by atoms with Crippen LogP contribution in [0.1, 0.15) is 44.5 Å². The van der Waals surface area contributed by atoms with Crippen molar-refractivity contribution in [2.75, 3.05) is 31.1 Å². The van der Waals surface area contributed by atoms with Crippen LogP contribution >= 0.6 is 11.6 Å². The number of aromatic amines is 1. The van der Waals surface area contributed by atoms with Crippen molar-refractivity contribution in [3.05, 3.63) is 35.4 Å². The number of anilines is 1. The summed E-state index contributed by atoms with van der Waals surface area (Å²) in [4.78, 5) is 30.0. The number of amides is 1. The average Bonchev–Trinajstić information content (AvgIpc) is 3.52. The molecule has 0 aromatic carbocycles. The first-order valence-corrected chi connectivity index (χ1v) is 11.1. The van der Waals surface area contributed by atoms with Gasteiger partial charge in [-0.2, -0.15) is 5.10 Å².